The molecule has 0 radical (unpaired) electrons. The van der Waals surface area contributed by atoms with Crippen LogP contribution in [0, 0.1) is 5.92 Å². The summed E-state index contributed by atoms with van der Waals surface area (Å²) in [7, 11) is 3.20. The van der Waals surface area contributed by atoms with Crippen molar-refractivity contribution in [1.29, 1.82) is 0 Å². The molecule has 3 atom stereocenters. The van der Waals surface area contributed by atoms with Crippen molar-refractivity contribution in [1.82, 2.24) is 0 Å². The molecule has 2 rings (SSSR count). The van der Waals surface area contributed by atoms with Gasteiger partial charge in [-0.05, 0) is 25.5 Å². The maximum Gasteiger partial charge on any atom is 0.128 e. The Kier molecular flexibility index (Phi) is 4.09. The number of benzene rings is 1. The van der Waals surface area contributed by atoms with Gasteiger partial charge in [-0.25, -0.2) is 0 Å². The zero-order valence-corrected chi connectivity index (χ0v) is 11.1. The summed E-state index contributed by atoms with van der Waals surface area (Å²) < 4.78 is 16.0. The van der Waals surface area contributed by atoms with Crippen molar-refractivity contribution in [3.05, 3.63) is 23.8 Å². The molecular weight excluding hydrogens is 232 g/mol. The van der Waals surface area contributed by atoms with Gasteiger partial charge in [-0.3, -0.25) is 0 Å². The van der Waals surface area contributed by atoms with Crippen LogP contribution >= 0.6 is 0 Å². The van der Waals surface area contributed by atoms with Crippen molar-refractivity contribution in [3.63, 3.8) is 0 Å². The molecule has 1 fully saturated rings. The Hall–Kier alpha value is -1.26. The molecule has 3 unspecified atom stereocenters. The second-order valence-corrected chi connectivity index (χ2v) is 4.69. The molecule has 0 bridgehead atoms. The number of hydrogen-bond acceptors (Lipinski definition) is 4. The number of aliphatic hydroxyl groups is 1. The summed E-state index contributed by atoms with van der Waals surface area (Å²) in [4.78, 5) is 0. The molecule has 1 aliphatic heterocycles. The lowest BCUT2D eigenvalue weighted by Gasteiger charge is -2.20. The van der Waals surface area contributed by atoms with Crippen LogP contribution in [0.5, 0.6) is 11.5 Å². The second-order valence-electron chi connectivity index (χ2n) is 4.69. The van der Waals surface area contributed by atoms with Crippen LogP contribution in [0.3, 0.4) is 0 Å². The molecule has 1 heterocycles. The third-order valence-electron chi connectivity index (χ3n) is 3.44. The van der Waals surface area contributed by atoms with Crippen molar-refractivity contribution in [3.8, 4) is 11.5 Å². The van der Waals surface area contributed by atoms with E-state index in [2.05, 4.69) is 0 Å². The van der Waals surface area contributed by atoms with Gasteiger partial charge in [0.25, 0.3) is 0 Å². The fourth-order valence-corrected chi connectivity index (χ4v) is 2.39. The molecule has 100 valence electrons. The fraction of sp³-hybridized carbons (Fsp3) is 0.571. The number of aliphatic hydroxyl groups excluding tert-OH is 1. The molecule has 1 N–H and O–H groups in total. The van der Waals surface area contributed by atoms with Gasteiger partial charge in [0.1, 0.15) is 11.5 Å². The van der Waals surface area contributed by atoms with Gasteiger partial charge in [-0.15, -0.1) is 0 Å². The molecule has 1 aromatic carbocycles. The molecule has 1 aromatic rings. The van der Waals surface area contributed by atoms with Gasteiger partial charge in [0, 0.05) is 17.5 Å². The molecule has 0 amide bonds. The predicted octanol–water partition coefficient (Wildman–Crippen LogP) is 2.16. The van der Waals surface area contributed by atoms with E-state index in [0.717, 1.165) is 17.7 Å². The predicted molar refractivity (Wildman–Crippen MR) is 68.0 cm³/mol. The summed E-state index contributed by atoms with van der Waals surface area (Å²) in [5, 5.41) is 10.4. The van der Waals surface area contributed by atoms with Crippen LogP contribution in [-0.2, 0) is 4.74 Å². The second kappa shape index (κ2) is 5.59. The highest BCUT2D eigenvalue weighted by molar-refractivity contribution is 5.42. The Morgan fingerprint density at radius 1 is 1.33 bits per heavy atom. The van der Waals surface area contributed by atoms with E-state index in [4.69, 9.17) is 14.2 Å². The van der Waals surface area contributed by atoms with Crippen LogP contribution in [0.15, 0.2) is 18.2 Å². The smallest absolute Gasteiger partial charge is 0.128 e. The quantitative estimate of drug-likeness (QED) is 0.892. The molecule has 0 saturated carbocycles. The summed E-state index contributed by atoms with van der Waals surface area (Å²) in [6, 6.07) is 5.48. The van der Waals surface area contributed by atoms with E-state index in [1.54, 1.807) is 20.3 Å². The highest BCUT2D eigenvalue weighted by Gasteiger charge is 2.30. The van der Waals surface area contributed by atoms with Gasteiger partial charge in [-0.1, -0.05) is 0 Å². The van der Waals surface area contributed by atoms with E-state index in [-0.39, 0.29) is 12.0 Å². The van der Waals surface area contributed by atoms with Crippen molar-refractivity contribution in [2.75, 3.05) is 20.8 Å². The average molecular weight is 252 g/mol. The summed E-state index contributed by atoms with van der Waals surface area (Å²) in [6.45, 7) is 2.62. The molecule has 4 heteroatoms. The van der Waals surface area contributed by atoms with Gasteiger partial charge in [0.15, 0.2) is 0 Å². The Labute approximate surface area is 107 Å². The van der Waals surface area contributed by atoms with Crippen LogP contribution in [0.2, 0.25) is 0 Å². The minimum atomic E-state index is -0.559. The molecule has 1 saturated heterocycles. The molecule has 0 spiro atoms. The van der Waals surface area contributed by atoms with Gasteiger partial charge in [0.05, 0.1) is 33.0 Å². The molecule has 0 aromatic heterocycles. The lowest BCUT2D eigenvalue weighted by atomic mass is 9.93. The highest BCUT2D eigenvalue weighted by atomic mass is 16.5. The van der Waals surface area contributed by atoms with E-state index in [1.807, 2.05) is 19.1 Å². The summed E-state index contributed by atoms with van der Waals surface area (Å²) in [5.74, 6) is 1.50. The monoisotopic (exact) mass is 252 g/mol. The first-order valence-electron chi connectivity index (χ1n) is 6.17. The first-order valence-corrected chi connectivity index (χ1v) is 6.17. The first-order chi connectivity index (χ1) is 8.65. The maximum absolute atomic E-state index is 10.4. The maximum atomic E-state index is 10.4. The zero-order chi connectivity index (χ0) is 13.1. The summed E-state index contributed by atoms with van der Waals surface area (Å²) >= 11 is 0. The van der Waals surface area contributed by atoms with Crippen molar-refractivity contribution >= 4 is 0 Å². The highest BCUT2D eigenvalue weighted by Crippen LogP contribution is 2.37. The number of rotatable bonds is 4. The zero-order valence-electron chi connectivity index (χ0n) is 11.1. The normalized spacial score (nSPS) is 24.9. The Balaban J connectivity index is 2.21. The van der Waals surface area contributed by atoms with Gasteiger partial charge in [-0.2, -0.15) is 0 Å². The van der Waals surface area contributed by atoms with Crippen LogP contribution < -0.4 is 9.47 Å². The van der Waals surface area contributed by atoms with Crippen LogP contribution in [0.1, 0.15) is 25.0 Å². The van der Waals surface area contributed by atoms with Crippen LogP contribution in [0.25, 0.3) is 0 Å². The van der Waals surface area contributed by atoms with Crippen LogP contribution in [0.4, 0.5) is 0 Å². The molecule has 4 nitrogen and oxygen atoms in total. The first kappa shape index (κ1) is 13.2. The number of ether oxygens (including phenoxy) is 3. The molecule has 0 aliphatic carbocycles. The SMILES string of the molecule is COc1ccc(C(O)C2COC(C)C2)c(OC)c1. The van der Waals surface area contributed by atoms with E-state index < -0.39 is 6.10 Å². The van der Waals surface area contributed by atoms with Gasteiger partial charge >= 0.3 is 0 Å². The molecule has 18 heavy (non-hydrogen) atoms. The third kappa shape index (κ3) is 2.60. The summed E-state index contributed by atoms with van der Waals surface area (Å²) in [5.41, 5.74) is 0.793. The topological polar surface area (TPSA) is 47.9 Å². The summed E-state index contributed by atoms with van der Waals surface area (Å²) in [6.07, 6.45) is 0.529. The lowest BCUT2D eigenvalue weighted by molar-refractivity contribution is 0.0789. The van der Waals surface area contributed by atoms with Crippen LogP contribution in [-0.4, -0.2) is 32.0 Å². The minimum absolute atomic E-state index is 0.127. The standard InChI is InChI=1S/C14H20O4/c1-9-6-10(8-18-9)14(15)12-5-4-11(16-2)7-13(12)17-3/h4-5,7,9-10,14-15H,6,8H2,1-3H3. The fourth-order valence-electron chi connectivity index (χ4n) is 2.39. The number of methoxy groups -OCH3 is 2. The van der Waals surface area contributed by atoms with E-state index in [9.17, 15) is 5.11 Å². The molecule has 1 aliphatic rings. The lowest BCUT2D eigenvalue weighted by Crippen LogP contribution is -2.13. The molecular formula is C14H20O4. The van der Waals surface area contributed by atoms with Crippen molar-refractivity contribution < 1.29 is 19.3 Å². The van der Waals surface area contributed by atoms with E-state index in [0.29, 0.717) is 12.4 Å². The van der Waals surface area contributed by atoms with Crippen molar-refractivity contribution in [2.45, 2.75) is 25.6 Å². The average Bonchev–Trinajstić information content (AvgIpc) is 2.83. The van der Waals surface area contributed by atoms with Crippen molar-refractivity contribution in [2.24, 2.45) is 5.92 Å². The largest absolute Gasteiger partial charge is 0.497 e. The van der Waals surface area contributed by atoms with Gasteiger partial charge < -0.3 is 19.3 Å². The van der Waals surface area contributed by atoms with E-state index in [1.165, 1.54) is 0 Å². The Morgan fingerprint density at radius 3 is 2.67 bits per heavy atom. The third-order valence-corrected chi connectivity index (χ3v) is 3.44. The Morgan fingerprint density at radius 2 is 2.11 bits per heavy atom. The minimum Gasteiger partial charge on any atom is -0.497 e. The Bertz CT molecular complexity index is 405. The van der Waals surface area contributed by atoms with E-state index >= 15 is 0 Å². The number of hydrogen-bond donors (Lipinski definition) is 1. The van der Waals surface area contributed by atoms with Gasteiger partial charge in [0.2, 0.25) is 0 Å².